The molecule has 0 aromatic carbocycles. The molecule has 9 heavy (non-hydrogen) atoms. The molecule has 0 aliphatic carbocycles. The Morgan fingerprint density at radius 3 is 2.89 bits per heavy atom. The molecule has 0 aliphatic rings. The van der Waals surface area contributed by atoms with Crippen molar-refractivity contribution in [2.45, 2.75) is 6.42 Å². The normalized spacial score (nSPS) is 8.89. The van der Waals surface area contributed by atoms with Gasteiger partial charge in [0.25, 0.3) is 0 Å². The van der Waals surface area contributed by atoms with Crippen molar-refractivity contribution < 1.29 is 9.90 Å². The van der Waals surface area contributed by atoms with E-state index in [1.165, 1.54) is 0 Å². The third-order valence-electron chi connectivity index (χ3n) is 0.804. The minimum Gasteiger partial charge on any atom is -0.481 e. The SMILES string of the molecule is C=CCNCCC(=O)O. The number of aliphatic carboxylic acids is 1. The maximum Gasteiger partial charge on any atom is 0.304 e. The molecule has 0 rings (SSSR count). The fourth-order valence-electron chi connectivity index (χ4n) is 0.399. The van der Waals surface area contributed by atoms with E-state index in [0.29, 0.717) is 13.1 Å². The minimum atomic E-state index is -0.772. The zero-order chi connectivity index (χ0) is 7.11. The third kappa shape index (κ3) is 7.17. The number of rotatable bonds is 5. The monoisotopic (exact) mass is 129 g/mol. The van der Waals surface area contributed by atoms with Gasteiger partial charge in [-0.3, -0.25) is 4.79 Å². The predicted octanol–water partition coefficient (Wildman–Crippen LogP) is 0.237. The van der Waals surface area contributed by atoms with Crippen LogP contribution in [0.2, 0.25) is 0 Å². The van der Waals surface area contributed by atoms with E-state index in [1.54, 1.807) is 6.08 Å². The summed E-state index contributed by atoms with van der Waals surface area (Å²) in [4.78, 5) is 9.90. The molecule has 52 valence electrons. The van der Waals surface area contributed by atoms with Crippen molar-refractivity contribution in [3.8, 4) is 0 Å². The van der Waals surface area contributed by atoms with Gasteiger partial charge in [-0.25, -0.2) is 0 Å². The van der Waals surface area contributed by atoms with E-state index in [0.717, 1.165) is 0 Å². The zero-order valence-corrected chi connectivity index (χ0v) is 5.26. The number of carbonyl (C=O) groups is 1. The van der Waals surface area contributed by atoms with Gasteiger partial charge in [0.1, 0.15) is 0 Å². The maximum absolute atomic E-state index is 9.90. The summed E-state index contributed by atoms with van der Waals surface area (Å²) in [6.07, 6.45) is 1.87. The molecule has 0 atom stereocenters. The van der Waals surface area contributed by atoms with Crippen molar-refractivity contribution in [2.75, 3.05) is 13.1 Å². The van der Waals surface area contributed by atoms with Crippen LogP contribution in [0.4, 0.5) is 0 Å². The number of hydrogen-bond acceptors (Lipinski definition) is 2. The molecule has 3 nitrogen and oxygen atoms in total. The molecule has 0 bridgehead atoms. The van der Waals surface area contributed by atoms with Crippen molar-refractivity contribution in [3.05, 3.63) is 12.7 Å². The molecule has 0 spiro atoms. The lowest BCUT2D eigenvalue weighted by atomic mass is 10.4. The standard InChI is InChI=1S/C6H11NO2/c1-2-4-7-5-3-6(8)9/h2,7H,1,3-5H2,(H,8,9). The van der Waals surface area contributed by atoms with Crippen LogP contribution in [0.25, 0.3) is 0 Å². The van der Waals surface area contributed by atoms with Gasteiger partial charge >= 0.3 is 5.97 Å². The van der Waals surface area contributed by atoms with Crippen LogP contribution in [0.5, 0.6) is 0 Å². The van der Waals surface area contributed by atoms with Gasteiger partial charge in [-0.05, 0) is 0 Å². The van der Waals surface area contributed by atoms with Crippen molar-refractivity contribution in [1.82, 2.24) is 5.32 Å². The lowest BCUT2D eigenvalue weighted by Gasteiger charge is -1.95. The van der Waals surface area contributed by atoms with Crippen LogP contribution in [-0.4, -0.2) is 24.2 Å². The number of hydrogen-bond donors (Lipinski definition) is 2. The molecule has 0 radical (unpaired) electrons. The fourth-order valence-corrected chi connectivity index (χ4v) is 0.399. The van der Waals surface area contributed by atoms with Crippen LogP contribution in [0.1, 0.15) is 6.42 Å². The number of nitrogens with one attached hydrogen (secondary N) is 1. The van der Waals surface area contributed by atoms with E-state index < -0.39 is 5.97 Å². The van der Waals surface area contributed by atoms with Gasteiger partial charge in [0.15, 0.2) is 0 Å². The van der Waals surface area contributed by atoms with Gasteiger partial charge in [0.05, 0.1) is 6.42 Å². The Kier molecular flexibility index (Phi) is 4.82. The van der Waals surface area contributed by atoms with Crippen molar-refractivity contribution >= 4 is 5.97 Å². The van der Waals surface area contributed by atoms with Gasteiger partial charge in [0.2, 0.25) is 0 Å². The second kappa shape index (κ2) is 5.31. The number of carboxylic acid groups (broad SMARTS) is 1. The van der Waals surface area contributed by atoms with Crippen LogP contribution in [0.3, 0.4) is 0 Å². The second-order valence-electron chi connectivity index (χ2n) is 1.64. The summed E-state index contributed by atoms with van der Waals surface area (Å²) < 4.78 is 0. The van der Waals surface area contributed by atoms with E-state index >= 15 is 0 Å². The average molecular weight is 129 g/mol. The summed E-state index contributed by atoms with van der Waals surface area (Å²) in [7, 11) is 0. The molecule has 0 fully saturated rings. The Morgan fingerprint density at radius 2 is 2.44 bits per heavy atom. The molecule has 0 heterocycles. The molecule has 0 unspecified atom stereocenters. The third-order valence-corrected chi connectivity index (χ3v) is 0.804. The highest BCUT2D eigenvalue weighted by atomic mass is 16.4. The molecule has 0 saturated carbocycles. The molecule has 0 aromatic rings. The lowest BCUT2D eigenvalue weighted by Crippen LogP contribution is -2.17. The molecule has 3 heteroatoms. The van der Waals surface area contributed by atoms with Gasteiger partial charge < -0.3 is 10.4 Å². The first kappa shape index (κ1) is 8.17. The Hall–Kier alpha value is -0.830. The summed E-state index contributed by atoms with van der Waals surface area (Å²) in [5.41, 5.74) is 0. The largest absolute Gasteiger partial charge is 0.481 e. The minimum absolute atomic E-state index is 0.174. The highest BCUT2D eigenvalue weighted by molar-refractivity contribution is 5.66. The highest BCUT2D eigenvalue weighted by Gasteiger charge is 1.92. The van der Waals surface area contributed by atoms with Crippen LogP contribution < -0.4 is 5.32 Å². The molecular weight excluding hydrogens is 118 g/mol. The molecule has 0 saturated heterocycles. The van der Waals surface area contributed by atoms with Crippen LogP contribution >= 0.6 is 0 Å². The Labute approximate surface area is 54.4 Å². The summed E-state index contributed by atoms with van der Waals surface area (Å²) in [5, 5.41) is 11.0. The predicted molar refractivity (Wildman–Crippen MR) is 35.3 cm³/mol. The Morgan fingerprint density at radius 1 is 1.78 bits per heavy atom. The number of carboxylic acids is 1. The summed E-state index contributed by atoms with van der Waals surface area (Å²) >= 11 is 0. The molecule has 0 amide bonds. The first-order valence-corrected chi connectivity index (χ1v) is 2.80. The van der Waals surface area contributed by atoms with Crippen molar-refractivity contribution in [1.29, 1.82) is 0 Å². The van der Waals surface area contributed by atoms with E-state index in [-0.39, 0.29) is 6.42 Å². The summed E-state index contributed by atoms with van der Waals surface area (Å²) in [6, 6.07) is 0. The highest BCUT2D eigenvalue weighted by Crippen LogP contribution is 1.73. The second-order valence-corrected chi connectivity index (χ2v) is 1.64. The Balaban J connectivity index is 2.91. The van der Waals surface area contributed by atoms with Crippen LogP contribution in [0, 0.1) is 0 Å². The van der Waals surface area contributed by atoms with Gasteiger partial charge in [0, 0.05) is 13.1 Å². The lowest BCUT2D eigenvalue weighted by molar-refractivity contribution is -0.136. The quantitative estimate of drug-likeness (QED) is 0.413. The van der Waals surface area contributed by atoms with E-state index in [9.17, 15) is 4.79 Å². The van der Waals surface area contributed by atoms with E-state index in [1.807, 2.05) is 0 Å². The summed E-state index contributed by atoms with van der Waals surface area (Å²) in [5.74, 6) is -0.772. The molecule has 0 aromatic heterocycles. The van der Waals surface area contributed by atoms with Gasteiger partial charge in [-0.2, -0.15) is 0 Å². The Bertz CT molecular complexity index is 101. The molecule has 0 aliphatic heterocycles. The van der Waals surface area contributed by atoms with Crippen molar-refractivity contribution in [3.63, 3.8) is 0 Å². The van der Waals surface area contributed by atoms with Gasteiger partial charge in [-0.15, -0.1) is 6.58 Å². The van der Waals surface area contributed by atoms with E-state index in [4.69, 9.17) is 5.11 Å². The average Bonchev–Trinajstić information content (AvgIpc) is 1.80. The summed E-state index contributed by atoms with van der Waals surface area (Å²) in [6.45, 7) is 4.66. The van der Waals surface area contributed by atoms with E-state index in [2.05, 4.69) is 11.9 Å². The van der Waals surface area contributed by atoms with Crippen LogP contribution in [0.15, 0.2) is 12.7 Å². The molecule has 2 N–H and O–H groups in total. The fraction of sp³-hybridized carbons (Fsp3) is 0.500. The maximum atomic E-state index is 9.90. The first-order chi connectivity index (χ1) is 4.27. The van der Waals surface area contributed by atoms with Crippen molar-refractivity contribution in [2.24, 2.45) is 0 Å². The topological polar surface area (TPSA) is 49.3 Å². The smallest absolute Gasteiger partial charge is 0.304 e. The first-order valence-electron chi connectivity index (χ1n) is 2.80. The zero-order valence-electron chi connectivity index (χ0n) is 5.26. The van der Waals surface area contributed by atoms with Crippen LogP contribution in [-0.2, 0) is 4.79 Å². The van der Waals surface area contributed by atoms with Gasteiger partial charge in [-0.1, -0.05) is 6.08 Å². The molecular formula is C6H11NO2.